The second-order valence-electron chi connectivity index (χ2n) is 19.7. The van der Waals surface area contributed by atoms with Crippen LogP contribution in [-0.2, 0) is 10.8 Å². The summed E-state index contributed by atoms with van der Waals surface area (Å²) in [5, 5.41) is 0. The lowest BCUT2D eigenvalue weighted by atomic mass is 9.43. The van der Waals surface area contributed by atoms with Gasteiger partial charge in [0.1, 0.15) is 0 Å². The Morgan fingerprint density at radius 2 is 0.806 bits per heavy atom. The number of nitrogens with zero attached hydrogens (tertiary/aromatic N) is 1. The van der Waals surface area contributed by atoms with Crippen LogP contribution in [0.3, 0.4) is 0 Å². The fourth-order valence-electron chi connectivity index (χ4n) is 13.9. The lowest BCUT2D eigenvalue weighted by molar-refractivity contribution is -0.0399. The van der Waals surface area contributed by atoms with Gasteiger partial charge in [0.05, 0.1) is 0 Å². The molecule has 0 saturated heterocycles. The molecule has 62 heavy (non-hydrogen) atoms. The zero-order valence-electron chi connectivity index (χ0n) is 35.7. The Balaban J connectivity index is 0.928. The topological polar surface area (TPSA) is 3.24 Å². The minimum absolute atomic E-state index is 0.0767. The second-order valence-corrected chi connectivity index (χ2v) is 19.7. The van der Waals surface area contributed by atoms with Crippen molar-refractivity contribution in [2.75, 3.05) is 4.90 Å². The summed E-state index contributed by atoms with van der Waals surface area (Å²) in [6.07, 6.45) is 7.00. The van der Waals surface area contributed by atoms with Crippen molar-refractivity contribution < 1.29 is 0 Å². The highest BCUT2D eigenvalue weighted by atomic mass is 15.1. The third-order valence-corrected chi connectivity index (χ3v) is 16.3. The molecule has 1 spiro atoms. The largest absolute Gasteiger partial charge is 0.310 e. The molecule has 0 N–H and O–H groups in total. The van der Waals surface area contributed by atoms with E-state index in [0.717, 1.165) is 23.7 Å². The molecule has 8 aromatic rings. The van der Waals surface area contributed by atoms with E-state index < -0.39 is 0 Å². The average Bonchev–Trinajstić information content (AvgIpc) is 3.74. The molecule has 4 bridgehead atoms. The SMILES string of the molecule is CC1(C)c2ccccc2-c2cccc(-c3ccc(N(c4ccc(-c5ccc(-c6ccccc6)cc5)cc4)c4ccc5c(c4)C4(c6ccccc6-5)C5CC6CC(C5)CC4C6)cc3)c21. The Kier molecular flexibility index (Phi) is 7.91. The van der Waals surface area contributed by atoms with Crippen LogP contribution in [0, 0.1) is 23.7 Å². The Bertz CT molecular complexity index is 3000. The van der Waals surface area contributed by atoms with Gasteiger partial charge in [-0.25, -0.2) is 0 Å². The molecule has 14 rings (SSSR count). The first kappa shape index (κ1) is 36.2. The van der Waals surface area contributed by atoms with Gasteiger partial charge in [0.25, 0.3) is 0 Å². The maximum absolute atomic E-state index is 2.63. The number of anilines is 3. The highest BCUT2D eigenvalue weighted by molar-refractivity contribution is 5.90. The Morgan fingerprint density at radius 1 is 0.355 bits per heavy atom. The molecule has 6 aliphatic rings. The van der Waals surface area contributed by atoms with Crippen LogP contribution in [0.5, 0.6) is 0 Å². The van der Waals surface area contributed by atoms with E-state index in [1.165, 1.54) is 116 Å². The van der Waals surface area contributed by atoms with E-state index in [1.54, 1.807) is 11.1 Å². The molecule has 6 aliphatic carbocycles. The minimum atomic E-state index is -0.0767. The van der Waals surface area contributed by atoms with Gasteiger partial charge in [-0.1, -0.05) is 166 Å². The molecule has 1 heteroatoms. The first-order valence-electron chi connectivity index (χ1n) is 23.1. The fraction of sp³-hybridized carbons (Fsp3) is 0.213. The summed E-state index contributed by atoms with van der Waals surface area (Å²) in [5.41, 5.74) is 22.9. The first-order valence-corrected chi connectivity index (χ1v) is 23.1. The van der Waals surface area contributed by atoms with Crippen molar-refractivity contribution in [3.05, 3.63) is 210 Å². The summed E-state index contributed by atoms with van der Waals surface area (Å²) in [5.74, 6) is 3.27. The van der Waals surface area contributed by atoms with Gasteiger partial charge in [0.2, 0.25) is 0 Å². The molecule has 0 aromatic heterocycles. The van der Waals surface area contributed by atoms with Gasteiger partial charge < -0.3 is 4.90 Å². The Morgan fingerprint density at radius 3 is 1.44 bits per heavy atom. The van der Waals surface area contributed by atoms with Crippen LogP contribution in [0.1, 0.15) is 68.2 Å². The molecule has 4 fully saturated rings. The summed E-state index contributed by atoms with van der Waals surface area (Å²) < 4.78 is 0. The first-order chi connectivity index (χ1) is 30.4. The van der Waals surface area contributed by atoms with Crippen LogP contribution < -0.4 is 4.90 Å². The van der Waals surface area contributed by atoms with Crippen molar-refractivity contribution in [3.63, 3.8) is 0 Å². The highest BCUT2D eigenvalue weighted by Crippen LogP contribution is 2.69. The number of rotatable bonds is 6. The highest BCUT2D eigenvalue weighted by Gasteiger charge is 2.61. The van der Waals surface area contributed by atoms with Crippen LogP contribution in [0.15, 0.2) is 188 Å². The van der Waals surface area contributed by atoms with Crippen molar-refractivity contribution in [3.8, 4) is 55.6 Å². The van der Waals surface area contributed by atoms with E-state index >= 15 is 0 Å². The maximum atomic E-state index is 2.63. The van der Waals surface area contributed by atoms with E-state index in [2.05, 4.69) is 207 Å². The second kappa shape index (κ2) is 13.5. The predicted molar refractivity (Wildman–Crippen MR) is 258 cm³/mol. The molecule has 0 unspecified atom stereocenters. The summed E-state index contributed by atoms with van der Waals surface area (Å²) in [4.78, 5) is 2.52. The third-order valence-electron chi connectivity index (χ3n) is 16.3. The van der Waals surface area contributed by atoms with E-state index in [1.807, 2.05) is 0 Å². The zero-order chi connectivity index (χ0) is 41.2. The zero-order valence-corrected chi connectivity index (χ0v) is 35.7. The van der Waals surface area contributed by atoms with Crippen LogP contribution in [0.2, 0.25) is 0 Å². The average molecular weight is 798 g/mol. The molecule has 1 nitrogen and oxygen atoms in total. The summed E-state index contributed by atoms with van der Waals surface area (Å²) >= 11 is 0. The molecule has 0 heterocycles. The predicted octanol–water partition coefficient (Wildman–Crippen LogP) is 16.2. The lowest BCUT2D eigenvalue weighted by Crippen LogP contribution is -2.55. The molecule has 0 amide bonds. The Labute approximate surface area is 366 Å². The monoisotopic (exact) mass is 797 g/mol. The van der Waals surface area contributed by atoms with Crippen LogP contribution in [0.25, 0.3) is 55.6 Å². The van der Waals surface area contributed by atoms with Gasteiger partial charge in [0, 0.05) is 27.9 Å². The van der Waals surface area contributed by atoms with E-state index in [-0.39, 0.29) is 10.8 Å². The quantitative estimate of drug-likeness (QED) is 0.162. The van der Waals surface area contributed by atoms with Crippen molar-refractivity contribution >= 4 is 17.1 Å². The molecular formula is C61H51N. The molecule has 0 aliphatic heterocycles. The van der Waals surface area contributed by atoms with Crippen molar-refractivity contribution in [1.29, 1.82) is 0 Å². The normalized spacial score (nSPS) is 22.9. The number of hydrogen-bond donors (Lipinski definition) is 0. The lowest BCUT2D eigenvalue weighted by Gasteiger charge is -2.61. The summed E-state index contributed by atoms with van der Waals surface area (Å²) in [7, 11) is 0. The Hall–Kier alpha value is -6.44. The van der Waals surface area contributed by atoms with Crippen molar-refractivity contribution in [2.45, 2.75) is 56.8 Å². The van der Waals surface area contributed by atoms with Crippen LogP contribution in [-0.4, -0.2) is 0 Å². The number of hydrogen-bond acceptors (Lipinski definition) is 1. The molecule has 0 atom stereocenters. The molecule has 8 aromatic carbocycles. The molecule has 300 valence electrons. The van der Waals surface area contributed by atoms with Gasteiger partial charge in [-0.3, -0.25) is 0 Å². The minimum Gasteiger partial charge on any atom is -0.310 e. The van der Waals surface area contributed by atoms with E-state index in [9.17, 15) is 0 Å². The van der Waals surface area contributed by atoms with Crippen molar-refractivity contribution in [1.82, 2.24) is 0 Å². The van der Waals surface area contributed by atoms with Gasteiger partial charge >= 0.3 is 0 Å². The standard InChI is InChI=1S/C61H51N/c1-60(2)56-17-8-6-14-53(56)55-16-10-15-51(59(55)60)45-25-29-49(30-26-45)62(48-27-23-44(24-28-48)43-21-19-42(20-22-43)41-11-4-3-5-12-41)50-31-32-54-52-13-7-9-18-57(52)61(58(54)38-50)46-34-39-33-40(36-46)37-47(61)35-39/h3-32,38-40,46-47H,33-37H2,1-2H3. The molecular weight excluding hydrogens is 747 g/mol. The van der Waals surface area contributed by atoms with Crippen LogP contribution >= 0.6 is 0 Å². The number of fused-ring (bicyclic) bond motifs is 6. The van der Waals surface area contributed by atoms with Gasteiger partial charge in [0.15, 0.2) is 0 Å². The van der Waals surface area contributed by atoms with Gasteiger partial charge in [-0.2, -0.15) is 0 Å². The third kappa shape index (κ3) is 5.21. The fourth-order valence-corrected chi connectivity index (χ4v) is 13.9. The van der Waals surface area contributed by atoms with E-state index in [0.29, 0.717) is 0 Å². The van der Waals surface area contributed by atoms with Crippen molar-refractivity contribution in [2.24, 2.45) is 23.7 Å². The van der Waals surface area contributed by atoms with Gasteiger partial charge in [-0.15, -0.1) is 0 Å². The molecule has 0 radical (unpaired) electrons. The summed E-state index contributed by atoms with van der Waals surface area (Å²) in [6.45, 7) is 4.78. The smallest absolute Gasteiger partial charge is 0.0465 e. The van der Waals surface area contributed by atoms with Gasteiger partial charge in [-0.05, 0) is 170 Å². The molecule has 4 saturated carbocycles. The van der Waals surface area contributed by atoms with E-state index in [4.69, 9.17) is 0 Å². The van der Waals surface area contributed by atoms with Crippen LogP contribution in [0.4, 0.5) is 17.1 Å². The maximum Gasteiger partial charge on any atom is 0.0465 e. The summed E-state index contributed by atoms with van der Waals surface area (Å²) in [6, 6.07) is 71.2. The number of benzene rings is 8.